The third-order valence-corrected chi connectivity index (χ3v) is 2.89. The molecule has 104 valence electrons. The van der Waals surface area contributed by atoms with Crippen molar-refractivity contribution in [3.8, 4) is 0 Å². The number of aromatic nitrogens is 2. The van der Waals surface area contributed by atoms with Gasteiger partial charge in [-0.05, 0) is 32.9 Å². The largest absolute Gasteiger partial charge is 0.369 e. The molecule has 7 heteroatoms. The summed E-state index contributed by atoms with van der Waals surface area (Å²) in [4.78, 5) is 14.1. The Balaban J connectivity index is 2.14. The molecule has 0 aromatic carbocycles. The van der Waals surface area contributed by atoms with E-state index in [0.29, 0.717) is 24.6 Å². The molecule has 1 amide bonds. The van der Waals surface area contributed by atoms with Crippen LogP contribution in [0.3, 0.4) is 0 Å². The van der Waals surface area contributed by atoms with Crippen molar-refractivity contribution in [1.29, 1.82) is 0 Å². The Labute approximate surface area is 112 Å². The van der Waals surface area contributed by atoms with Gasteiger partial charge in [0.1, 0.15) is 0 Å². The first-order chi connectivity index (χ1) is 8.91. The third kappa shape index (κ3) is 3.18. The summed E-state index contributed by atoms with van der Waals surface area (Å²) in [7, 11) is 0. The topological polar surface area (TPSA) is 93.4 Å². The van der Waals surface area contributed by atoms with Crippen LogP contribution in [0.1, 0.15) is 31.3 Å². The van der Waals surface area contributed by atoms with E-state index in [2.05, 4.69) is 15.6 Å². The first kappa shape index (κ1) is 13.7. The number of hydrogen-bond donors (Lipinski definition) is 2. The molecule has 0 saturated carbocycles. The van der Waals surface area contributed by atoms with Gasteiger partial charge in [0.15, 0.2) is 11.5 Å². The van der Waals surface area contributed by atoms with Crippen molar-refractivity contribution in [2.24, 2.45) is 5.84 Å². The zero-order valence-corrected chi connectivity index (χ0v) is 11.4. The molecular weight excluding hydrogens is 246 g/mol. The lowest BCUT2D eigenvalue weighted by Crippen LogP contribution is -2.53. The second-order valence-electron chi connectivity index (χ2n) is 5.32. The Morgan fingerprint density at radius 3 is 2.79 bits per heavy atom. The standard InChI is InChI=1S/C12H19N5O2/c1-8-6-17(7-12(2,3)19-8)11(18)9-4-5-10(14-13)16-15-9/h4-5,8H,6-7,13H2,1-3H3,(H,14,16). The van der Waals surface area contributed by atoms with Gasteiger partial charge in [0.05, 0.1) is 11.7 Å². The molecule has 1 aliphatic rings. The third-order valence-electron chi connectivity index (χ3n) is 2.89. The lowest BCUT2D eigenvalue weighted by atomic mass is 10.1. The molecule has 1 aromatic heterocycles. The van der Waals surface area contributed by atoms with Crippen molar-refractivity contribution < 1.29 is 9.53 Å². The number of carbonyl (C=O) groups excluding carboxylic acids is 1. The van der Waals surface area contributed by atoms with Crippen LogP contribution in [0.5, 0.6) is 0 Å². The van der Waals surface area contributed by atoms with E-state index in [1.54, 1.807) is 17.0 Å². The molecule has 1 aromatic rings. The number of hydrazine groups is 1. The smallest absolute Gasteiger partial charge is 0.274 e. The number of ether oxygens (including phenoxy) is 1. The lowest BCUT2D eigenvalue weighted by molar-refractivity contribution is -0.119. The fourth-order valence-corrected chi connectivity index (χ4v) is 2.29. The van der Waals surface area contributed by atoms with Crippen LogP contribution in [-0.4, -0.2) is 45.8 Å². The second-order valence-corrected chi connectivity index (χ2v) is 5.32. The van der Waals surface area contributed by atoms with Gasteiger partial charge in [-0.25, -0.2) is 5.84 Å². The molecule has 0 radical (unpaired) electrons. The van der Waals surface area contributed by atoms with Crippen molar-refractivity contribution in [3.05, 3.63) is 17.8 Å². The normalized spacial score (nSPS) is 22.1. The van der Waals surface area contributed by atoms with E-state index in [4.69, 9.17) is 10.6 Å². The molecule has 1 unspecified atom stereocenters. The van der Waals surface area contributed by atoms with E-state index in [1.165, 1.54) is 0 Å². The molecule has 3 N–H and O–H groups in total. The highest BCUT2D eigenvalue weighted by Crippen LogP contribution is 2.21. The van der Waals surface area contributed by atoms with Crippen LogP contribution in [0.25, 0.3) is 0 Å². The number of rotatable bonds is 2. The Kier molecular flexibility index (Phi) is 3.68. The highest BCUT2D eigenvalue weighted by atomic mass is 16.5. The summed E-state index contributed by atoms with van der Waals surface area (Å²) >= 11 is 0. The number of nitrogens with zero attached hydrogens (tertiary/aromatic N) is 3. The van der Waals surface area contributed by atoms with E-state index in [9.17, 15) is 4.79 Å². The van der Waals surface area contributed by atoms with Crippen LogP contribution < -0.4 is 11.3 Å². The van der Waals surface area contributed by atoms with Gasteiger partial charge in [-0.2, -0.15) is 0 Å². The quantitative estimate of drug-likeness (QED) is 0.594. The minimum Gasteiger partial charge on any atom is -0.369 e. The molecule has 19 heavy (non-hydrogen) atoms. The summed E-state index contributed by atoms with van der Waals surface area (Å²) in [6.45, 7) is 6.98. The zero-order chi connectivity index (χ0) is 14.0. The fourth-order valence-electron chi connectivity index (χ4n) is 2.29. The number of nitrogens with one attached hydrogen (secondary N) is 1. The fraction of sp³-hybridized carbons (Fsp3) is 0.583. The number of nitrogen functional groups attached to an aromatic ring is 1. The van der Waals surface area contributed by atoms with Crippen molar-refractivity contribution in [2.75, 3.05) is 18.5 Å². The second kappa shape index (κ2) is 5.10. The van der Waals surface area contributed by atoms with Gasteiger partial charge < -0.3 is 15.1 Å². The average molecular weight is 265 g/mol. The molecule has 2 rings (SSSR count). The Morgan fingerprint density at radius 1 is 1.53 bits per heavy atom. The SMILES string of the molecule is CC1CN(C(=O)c2ccc(NN)nn2)CC(C)(C)O1. The number of hydrogen-bond acceptors (Lipinski definition) is 6. The summed E-state index contributed by atoms with van der Waals surface area (Å²) in [5.74, 6) is 5.49. The van der Waals surface area contributed by atoms with Crippen LogP contribution in [-0.2, 0) is 4.74 Å². The number of nitrogens with two attached hydrogens (primary N) is 1. The molecule has 0 aliphatic carbocycles. The summed E-state index contributed by atoms with van der Waals surface area (Å²) in [6, 6.07) is 3.23. The van der Waals surface area contributed by atoms with E-state index in [1.807, 2.05) is 20.8 Å². The minimum absolute atomic E-state index is 0.00522. The molecule has 1 aliphatic heterocycles. The predicted octanol–water partition coefficient (Wildman–Crippen LogP) is 0.402. The zero-order valence-electron chi connectivity index (χ0n) is 11.4. The maximum atomic E-state index is 12.3. The van der Waals surface area contributed by atoms with Crippen molar-refractivity contribution in [2.45, 2.75) is 32.5 Å². The van der Waals surface area contributed by atoms with Gasteiger partial charge in [0.2, 0.25) is 0 Å². The van der Waals surface area contributed by atoms with Crippen LogP contribution in [0, 0.1) is 0 Å². The first-order valence-corrected chi connectivity index (χ1v) is 6.19. The van der Waals surface area contributed by atoms with E-state index in [-0.39, 0.29) is 17.6 Å². The van der Waals surface area contributed by atoms with Gasteiger partial charge in [0, 0.05) is 13.1 Å². The maximum Gasteiger partial charge on any atom is 0.274 e. The van der Waals surface area contributed by atoms with Crippen LogP contribution in [0.4, 0.5) is 5.82 Å². The minimum atomic E-state index is -0.348. The number of morpholine rings is 1. The van der Waals surface area contributed by atoms with Crippen LogP contribution in [0.2, 0.25) is 0 Å². The average Bonchev–Trinajstić information content (AvgIpc) is 2.35. The Morgan fingerprint density at radius 2 is 2.26 bits per heavy atom. The predicted molar refractivity (Wildman–Crippen MR) is 70.4 cm³/mol. The number of amides is 1. The first-order valence-electron chi connectivity index (χ1n) is 6.19. The van der Waals surface area contributed by atoms with E-state index >= 15 is 0 Å². The van der Waals surface area contributed by atoms with Gasteiger partial charge >= 0.3 is 0 Å². The summed E-state index contributed by atoms with van der Waals surface area (Å²) in [6.07, 6.45) is 0.00522. The van der Waals surface area contributed by atoms with Crippen LogP contribution >= 0.6 is 0 Å². The summed E-state index contributed by atoms with van der Waals surface area (Å²) in [5.41, 5.74) is 2.34. The van der Waals surface area contributed by atoms with Gasteiger partial charge in [-0.1, -0.05) is 0 Å². The van der Waals surface area contributed by atoms with Crippen LogP contribution in [0.15, 0.2) is 12.1 Å². The Bertz CT molecular complexity index is 460. The molecule has 0 spiro atoms. The highest BCUT2D eigenvalue weighted by Gasteiger charge is 2.34. The summed E-state index contributed by atoms with van der Waals surface area (Å²) in [5, 5.41) is 7.68. The van der Waals surface area contributed by atoms with Crippen molar-refractivity contribution in [1.82, 2.24) is 15.1 Å². The molecule has 7 nitrogen and oxygen atoms in total. The van der Waals surface area contributed by atoms with Crippen molar-refractivity contribution >= 4 is 11.7 Å². The molecule has 1 fully saturated rings. The maximum absolute atomic E-state index is 12.3. The van der Waals surface area contributed by atoms with Gasteiger partial charge in [-0.15, -0.1) is 10.2 Å². The number of carbonyl (C=O) groups is 1. The molecule has 2 heterocycles. The molecule has 1 atom stereocenters. The molecular formula is C12H19N5O2. The van der Waals surface area contributed by atoms with Crippen molar-refractivity contribution in [3.63, 3.8) is 0 Å². The van der Waals surface area contributed by atoms with E-state index in [0.717, 1.165) is 0 Å². The molecule has 1 saturated heterocycles. The van der Waals surface area contributed by atoms with Gasteiger partial charge in [-0.3, -0.25) is 4.79 Å². The summed E-state index contributed by atoms with van der Waals surface area (Å²) < 4.78 is 5.77. The highest BCUT2D eigenvalue weighted by molar-refractivity contribution is 5.92. The molecule has 0 bridgehead atoms. The number of anilines is 1. The lowest BCUT2D eigenvalue weighted by Gasteiger charge is -2.41. The Hall–Kier alpha value is -1.73. The van der Waals surface area contributed by atoms with Gasteiger partial charge in [0.25, 0.3) is 5.91 Å². The monoisotopic (exact) mass is 265 g/mol. The van der Waals surface area contributed by atoms with E-state index < -0.39 is 0 Å².